The first kappa shape index (κ1) is 8.38. The van der Waals surface area contributed by atoms with E-state index in [1.54, 1.807) is 0 Å². The number of carbonyl (C=O) groups excluding carboxylic acids is 1. The zero-order valence-electron chi connectivity index (χ0n) is 6.49. The first-order valence-corrected chi connectivity index (χ1v) is 3.03. The van der Waals surface area contributed by atoms with Crippen molar-refractivity contribution in [3.8, 4) is 0 Å². The molecule has 1 rings (SSSR count). The van der Waals surface area contributed by atoms with Gasteiger partial charge in [-0.1, -0.05) is 0 Å². The van der Waals surface area contributed by atoms with E-state index in [1.165, 1.54) is 14.0 Å². The predicted molar refractivity (Wildman–Crippen MR) is 36.2 cm³/mol. The lowest BCUT2D eigenvalue weighted by Crippen LogP contribution is -2.09. The number of nitrogens with zero attached hydrogens (tertiary/aromatic N) is 1. The van der Waals surface area contributed by atoms with Crippen LogP contribution in [-0.2, 0) is 4.74 Å². The number of ether oxygens (including phenoxy) is 1. The fourth-order valence-electron chi connectivity index (χ4n) is 0.570. The summed E-state index contributed by atoms with van der Waals surface area (Å²) in [6.45, 7) is 1.45. The fourth-order valence-corrected chi connectivity index (χ4v) is 0.570. The lowest BCUT2D eigenvalue weighted by atomic mass is 10.5. The maximum atomic E-state index is 10.6. The maximum Gasteiger partial charge on any atom is 0.520 e. The zero-order chi connectivity index (χ0) is 9.14. The third-order valence-corrected chi connectivity index (χ3v) is 1.09. The summed E-state index contributed by atoms with van der Waals surface area (Å²) in [6, 6.07) is 0. The van der Waals surface area contributed by atoms with Crippen molar-refractivity contribution in [1.82, 2.24) is 5.32 Å². The number of aryl methyl sites for hydroxylation is 1. The molecule has 1 aromatic heterocycles. The van der Waals surface area contributed by atoms with Gasteiger partial charge in [-0.25, -0.2) is 9.59 Å². The summed E-state index contributed by atoms with van der Waals surface area (Å²) in [5.41, 5.74) is 0. The van der Waals surface area contributed by atoms with Gasteiger partial charge in [-0.2, -0.15) is 0 Å². The third kappa shape index (κ3) is 1.66. The van der Waals surface area contributed by atoms with Gasteiger partial charge in [0, 0.05) is 0 Å². The Labute approximate surface area is 67.1 Å². The van der Waals surface area contributed by atoms with Crippen molar-refractivity contribution in [2.24, 2.45) is 0 Å². The van der Waals surface area contributed by atoms with Crippen molar-refractivity contribution in [3.63, 3.8) is 0 Å². The van der Waals surface area contributed by atoms with Crippen LogP contribution in [0.15, 0.2) is 13.6 Å². The van der Waals surface area contributed by atoms with Crippen molar-refractivity contribution in [2.75, 3.05) is 7.11 Å². The number of hydrogen-bond donors (Lipinski definition) is 0. The van der Waals surface area contributed by atoms with Gasteiger partial charge >= 0.3 is 11.9 Å². The molecule has 0 saturated heterocycles. The standard InChI is InChI=1S/C6H6NO5/c1-3-4(7-5(8)10-2)12-6(9)11-3/h1-2H3. The number of hydrogen-bond acceptors (Lipinski definition) is 5. The van der Waals surface area contributed by atoms with E-state index in [2.05, 4.69) is 18.9 Å². The fraction of sp³-hybridized carbons (Fsp3) is 0.333. The van der Waals surface area contributed by atoms with Gasteiger partial charge in [0.25, 0.3) is 5.88 Å². The molecule has 0 saturated carbocycles. The summed E-state index contributed by atoms with van der Waals surface area (Å²) < 4.78 is 13.0. The van der Waals surface area contributed by atoms with Gasteiger partial charge < -0.3 is 13.6 Å². The second-order valence-electron chi connectivity index (χ2n) is 1.90. The lowest BCUT2D eigenvalue weighted by molar-refractivity contribution is 0.173. The quantitative estimate of drug-likeness (QED) is 0.617. The molecule has 6 nitrogen and oxygen atoms in total. The molecule has 0 fully saturated rings. The van der Waals surface area contributed by atoms with Crippen molar-refractivity contribution in [3.05, 3.63) is 16.4 Å². The Balaban J connectivity index is 2.82. The van der Waals surface area contributed by atoms with Crippen LogP contribution in [0, 0.1) is 6.92 Å². The van der Waals surface area contributed by atoms with E-state index in [0.717, 1.165) is 0 Å². The average Bonchev–Trinajstić information content (AvgIpc) is 2.30. The van der Waals surface area contributed by atoms with Crippen LogP contribution in [0.2, 0.25) is 0 Å². The van der Waals surface area contributed by atoms with E-state index < -0.39 is 11.9 Å². The van der Waals surface area contributed by atoms with E-state index in [-0.39, 0.29) is 11.6 Å². The molecule has 0 bridgehead atoms. The summed E-state index contributed by atoms with van der Waals surface area (Å²) in [5, 5.41) is 3.28. The Hall–Kier alpha value is -1.72. The van der Waals surface area contributed by atoms with Gasteiger partial charge in [0.05, 0.1) is 7.11 Å². The van der Waals surface area contributed by atoms with E-state index in [1.807, 2.05) is 0 Å². The van der Waals surface area contributed by atoms with Crippen molar-refractivity contribution < 1.29 is 18.4 Å². The molecule has 0 aliphatic carbocycles. The van der Waals surface area contributed by atoms with E-state index in [9.17, 15) is 9.59 Å². The van der Waals surface area contributed by atoms with Crippen LogP contribution in [0.1, 0.15) is 5.76 Å². The molecule has 0 atom stereocenters. The summed E-state index contributed by atoms with van der Waals surface area (Å²) in [5.74, 6) is -0.910. The first-order chi connectivity index (χ1) is 5.63. The minimum absolute atomic E-state index is 0.144. The Morgan fingerprint density at radius 3 is 2.58 bits per heavy atom. The van der Waals surface area contributed by atoms with Gasteiger partial charge in [0.2, 0.25) is 0 Å². The number of carbonyl (C=O) groups is 1. The van der Waals surface area contributed by atoms with Crippen molar-refractivity contribution in [1.29, 1.82) is 0 Å². The van der Waals surface area contributed by atoms with Gasteiger partial charge in [-0.3, -0.25) is 0 Å². The molecule has 0 aliphatic rings. The van der Waals surface area contributed by atoms with Gasteiger partial charge in [0.15, 0.2) is 5.76 Å². The second kappa shape index (κ2) is 3.12. The topological polar surface area (TPSA) is 83.8 Å². The van der Waals surface area contributed by atoms with Gasteiger partial charge in [0.1, 0.15) is 0 Å². The minimum Gasteiger partial charge on any atom is -0.451 e. The lowest BCUT2D eigenvalue weighted by Gasteiger charge is -1.93. The van der Waals surface area contributed by atoms with Crippen LogP contribution in [0.4, 0.5) is 10.7 Å². The first-order valence-electron chi connectivity index (χ1n) is 3.03. The van der Waals surface area contributed by atoms with Crippen LogP contribution < -0.4 is 11.1 Å². The maximum absolute atomic E-state index is 10.6. The molecule has 0 N–H and O–H groups in total. The summed E-state index contributed by atoms with van der Waals surface area (Å²) >= 11 is 0. The van der Waals surface area contributed by atoms with Crippen LogP contribution in [0.25, 0.3) is 0 Å². The Bertz CT molecular complexity index is 336. The molecule has 0 unspecified atom stereocenters. The largest absolute Gasteiger partial charge is 0.520 e. The highest BCUT2D eigenvalue weighted by Crippen LogP contribution is 2.11. The van der Waals surface area contributed by atoms with Crippen molar-refractivity contribution >= 4 is 12.0 Å². The molecular formula is C6H6NO5. The van der Waals surface area contributed by atoms with Crippen LogP contribution >= 0.6 is 0 Å². The Kier molecular flexibility index (Phi) is 2.18. The Morgan fingerprint density at radius 1 is 1.50 bits per heavy atom. The molecule has 1 heterocycles. The molecular weight excluding hydrogens is 166 g/mol. The molecule has 1 aromatic rings. The second-order valence-corrected chi connectivity index (χ2v) is 1.90. The normalized spacial score (nSPS) is 9.50. The molecule has 0 aromatic carbocycles. The van der Waals surface area contributed by atoms with E-state index >= 15 is 0 Å². The molecule has 65 valence electrons. The monoisotopic (exact) mass is 172 g/mol. The summed E-state index contributed by atoms with van der Waals surface area (Å²) in [7, 11) is 1.17. The minimum atomic E-state index is -0.893. The summed E-state index contributed by atoms with van der Waals surface area (Å²) in [4.78, 5) is 21.0. The molecule has 1 radical (unpaired) electrons. The molecule has 1 amide bonds. The number of rotatable bonds is 1. The van der Waals surface area contributed by atoms with Crippen molar-refractivity contribution in [2.45, 2.75) is 6.92 Å². The number of methoxy groups -OCH3 is 1. The molecule has 12 heavy (non-hydrogen) atoms. The molecule has 6 heteroatoms. The smallest absolute Gasteiger partial charge is 0.451 e. The van der Waals surface area contributed by atoms with E-state index in [0.29, 0.717) is 0 Å². The van der Waals surface area contributed by atoms with Gasteiger partial charge in [-0.05, 0) is 6.92 Å². The third-order valence-electron chi connectivity index (χ3n) is 1.09. The zero-order valence-corrected chi connectivity index (χ0v) is 6.49. The highest BCUT2D eigenvalue weighted by Gasteiger charge is 2.13. The number of amides is 1. The Morgan fingerprint density at radius 2 is 2.17 bits per heavy atom. The van der Waals surface area contributed by atoms with Gasteiger partial charge in [-0.15, -0.1) is 5.32 Å². The SMILES string of the molecule is COC(=O)[N]c1oc(=O)oc1C. The van der Waals surface area contributed by atoms with Crippen LogP contribution in [-0.4, -0.2) is 13.2 Å². The summed E-state index contributed by atoms with van der Waals surface area (Å²) in [6.07, 6.45) is -0.845. The van der Waals surface area contributed by atoms with Crippen LogP contribution in [0.5, 0.6) is 0 Å². The molecule has 0 spiro atoms. The van der Waals surface area contributed by atoms with Crippen LogP contribution in [0.3, 0.4) is 0 Å². The highest BCUT2D eigenvalue weighted by atomic mass is 16.6. The molecule has 0 aliphatic heterocycles. The van der Waals surface area contributed by atoms with E-state index in [4.69, 9.17) is 0 Å². The highest BCUT2D eigenvalue weighted by molar-refractivity contribution is 5.71. The predicted octanol–water partition coefficient (Wildman–Crippen LogP) is 0.544. The average molecular weight is 172 g/mol.